The van der Waals surface area contributed by atoms with Crippen LogP contribution in [0.3, 0.4) is 0 Å². The normalized spacial score (nSPS) is 18.9. The van der Waals surface area contributed by atoms with Gasteiger partial charge in [0.1, 0.15) is 11.3 Å². The first-order valence-electron chi connectivity index (χ1n) is 11.6. The number of likely N-dealkylation sites (tertiary alicyclic amines) is 1. The van der Waals surface area contributed by atoms with Gasteiger partial charge < -0.3 is 19.7 Å². The van der Waals surface area contributed by atoms with Gasteiger partial charge in [0, 0.05) is 39.1 Å². The van der Waals surface area contributed by atoms with Gasteiger partial charge in [-0.2, -0.15) is 0 Å². The molecule has 1 saturated heterocycles. The maximum atomic E-state index is 13.2. The summed E-state index contributed by atoms with van der Waals surface area (Å²) in [4.78, 5) is 54.7. The Hall–Kier alpha value is -3.42. The second kappa shape index (κ2) is 8.17. The lowest BCUT2D eigenvalue weighted by Gasteiger charge is -2.36. The topological polar surface area (TPSA) is 91.7 Å². The van der Waals surface area contributed by atoms with Crippen LogP contribution in [-0.4, -0.2) is 57.3 Å². The molecule has 2 aromatic rings. The fourth-order valence-electron chi connectivity index (χ4n) is 4.94. The SMILES string of the molecule is Cc1ccc(CNC(=O)c2ccc3n(c2=O)CCN(CC2(N4CCCC4=O)CC2)C3=O)cc1. The van der Waals surface area contributed by atoms with Crippen LogP contribution in [0.5, 0.6) is 0 Å². The van der Waals surface area contributed by atoms with E-state index in [1.54, 1.807) is 11.0 Å². The van der Waals surface area contributed by atoms with Gasteiger partial charge in [-0.05, 0) is 43.9 Å². The largest absolute Gasteiger partial charge is 0.348 e. The Morgan fingerprint density at radius 2 is 1.76 bits per heavy atom. The third kappa shape index (κ3) is 3.94. The second-order valence-electron chi connectivity index (χ2n) is 9.36. The maximum Gasteiger partial charge on any atom is 0.270 e. The first-order chi connectivity index (χ1) is 15.9. The third-order valence-corrected chi connectivity index (χ3v) is 7.05. The summed E-state index contributed by atoms with van der Waals surface area (Å²) in [6.45, 7) is 4.31. The first-order valence-corrected chi connectivity index (χ1v) is 11.6. The first kappa shape index (κ1) is 21.4. The van der Waals surface area contributed by atoms with E-state index in [9.17, 15) is 19.2 Å². The molecule has 3 heterocycles. The highest BCUT2D eigenvalue weighted by Gasteiger charge is 2.53. The van der Waals surface area contributed by atoms with Gasteiger partial charge in [0.15, 0.2) is 0 Å². The van der Waals surface area contributed by atoms with Crippen molar-refractivity contribution in [3.63, 3.8) is 0 Å². The van der Waals surface area contributed by atoms with E-state index in [0.29, 0.717) is 38.3 Å². The van der Waals surface area contributed by atoms with Crippen LogP contribution in [-0.2, 0) is 17.9 Å². The summed E-state index contributed by atoms with van der Waals surface area (Å²) in [6, 6.07) is 10.8. The van der Waals surface area contributed by atoms with Gasteiger partial charge in [0.05, 0.1) is 5.54 Å². The van der Waals surface area contributed by atoms with E-state index in [1.165, 1.54) is 10.6 Å². The second-order valence-corrected chi connectivity index (χ2v) is 9.36. The zero-order chi connectivity index (χ0) is 23.2. The van der Waals surface area contributed by atoms with Crippen molar-refractivity contribution < 1.29 is 14.4 Å². The van der Waals surface area contributed by atoms with E-state index < -0.39 is 11.5 Å². The molecule has 0 atom stereocenters. The summed E-state index contributed by atoms with van der Waals surface area (Å²) < 4.78 is 1.40. The maximum absolute atomic E-state index is 13.2. The monoisotopic (exact) mass is 448 g/mol. The lowest BCUT2D eigenvalue weighted by atomic mass is 10.1. The Morgan fingerprint density at radius 1 is 1.00 bits per heavy atom. The lowest BCUT2D eigenvalue weighted by Crippen LogP contribution is -2.52. The molecule has 8 heteroatoms. The van der Waals surface area contributed by atoms with E-state index in [2.05, 4.69) is 5.32 Å². The van der Waals surface area contributed by atoms with Crippen molar-refractivity contribution in [2.45, 2.75) is 51.2 Å². The highest BCUT2D eigenvalue weighted by Crippen LogP contribution is 2.44. The minimum Gasteiger partial charge on any atom is -0.348 e. The molecule has 5 rings (SSSR count). The number of aromatic nitrogens is 1. The summed E-state index contributed by atoms with van der Waals surface area (Å²) >= 11 is 0. The molecule has 0 radical (unpaired) electrons. The van der Waals surface area contributed by atoms with Gasteiger partial charge in [-0.1, -0.05) is 29.8 Å². The minimum atomic E-state index is -0.449. The highest BCUT2D eigenvalue weighted by molar-refractivity contribution is 5.97. The third-order valence-electron chi connectivity index (χ3n) is 7.05. The number of rotatable bonds is 6. The van der Waals surface area contributed by atoms with Crippen molar-refractivity contribution in [1.82, 2.24) is 19.7 Å². The number of hydrogen-bond acceptors (Lipinski definition) is 4. The predicted molar refractivity (Wildman–Crippen MR) is 122 cm³/mol. The number of benzene rings is 1. The molecule has 0 spiro atoms. The van der Waals surface area contributed by atoms with E-state index in [4.69, 9.17) is 0 Å². The van der Waals surface area contributed by atoms with Gasteiger partial charge in [0.25, 0.3) is 17.4 Å². The number of fused-ring (bicyclic) bond motifs is 1. The summed E-state index contributed by atoms with van der Waals surface area (Å²) in [5, 5.41) is 2.79. The Balaban J connectivity index is 1.29. The Bertz CT molecular complexity index is 1180. The van der Waals surface area contributed by atoms with Gasteiger partial charge in [0.2, 0.25) is 5.91 Å². The van der Waals surface area contributed by atoms with Crippen molar-refractivity contribution >= 4 is 17.7 Å². The molecule has 0 unspecified atom stereocenters. The van der Waals surface area contributed by atoms with Crippen LogP contribution >= 0.6 is 0 Å². The number of hydrogen-bond donors (Lipinski definition) is 1. The van der Waals surface area contributed by atoms with Crippen LogP contribution in [0.4, 0.5) is 0 Å². The standard InChI is InChI=1S/C25H28N4O4/c1-17-4-6-18(7-5-17)15-26-22(31)19-8-9-20-24(33)27(13-14-28(20)23(19)32)16-25(10-11-25)29-12-2-3-21(29)30/h4-9H,2-3,10-16H2,1H3,(H,26,31). The van der Waals surface area contributed by atoms with Crippen molar-refractivity contribution in [3.05, 3.63) is 69.1 Å². The van der Waals surface area contributed by atoms with Gasteiger partial charge in [-0.15, -0.1) is 0 Å². The van der Waals surface area contributed by atoms with E-state index >= 15 is 0 Å². The summed E-state index contributed by atoms with van der Waals surface area (Å²) in [6.07, 6.45) is 3.29. The van der Waals surface area contributed by atoms with E-state index in [-0.39, 0.29) is 22.9 Å². The van der Waals surface area contributed by atoms with Crippen molar-refractivity contribution in [2.24, 2.45) is 0 Å². The van der Waals surface area contributed by atoms with E-state index in [1.807, 2.05) is 36.1 Å². The van der Waals surface area contributed by atoms with Crippen molar-refractivity contribution in [3.8, 4) is 0 Å². The zero-order valence-electron chi connectivity index (χ0n) is 18.8. The average molecular weight is 449 g/mol. The molecule has 172 valence electrons. The van der Waals surface area contributed by atoms with E-state index in [0.717, 1.165) is 36.9 Å². The number of nitrogens with one attached hydrogen (secondary N) is 1. The molecule has 2 fully saturated rings. The number of aryl methyl sites for hydroxylation is 1. The summed E-state index contributed by atoms with van der Waals surface area (Å²) in [5.74, 6) is -0.493. The number of amides is 3. The van der Waals surface area contributed by atoms with Crippen LogP contribution in [0.1, 0.15) is 57.7 Å². The van der Waals surface area contributed by atoms with Crippen molar-refractivity contribution in [2.75, 3.05) is 19.6 Å². The molecule has 1 N–H and O–H groups in total. The fourth-order valence-corrected chi connectivity index (χ4v) is 4.94. The quantitative estimate of drug-likeness (QED) is 0.728. The smallest absolute Gasteiger partial charge is 0.270 e. The van der Waals surface area contributed by atoms with Crippen LogP contribution in [0.15, 0.2) is 41.2 Å². The van der Waals surface area contributed by atoms with Crippen LogP contribution in [0.25, 0.3) is 0 Å². The average Bonchev–Trinajstić information content (AvgIpc) is 3.45. The molecular weight excluding hydrogens is 420 g/mol. The van der Waals surface area contributed by atoms with Gasteiger partial charge in [-0.25, -0.2) is 0 Å². The summed E-state index contributed by atoms with van der Waals surface area (Å²) in [5.41, 5.74) is 1.73. The number of carbonyl (C=O) groups excluding carboxylic acids is 3. The lowest BCUT2D eigenvalue weighted by molar-refractivity contribution is -0.130. The fraction of sp³-hybridized carbons (Fsp3) is 0.440. The molecule has 1 aliphatic carbocycles. The molecular formula is C25H28N4O4. The van der Waals surface area contributed by atoms with Gasteiger partial charge in [-0.3, -0.25) is 19.2 Å². The Labute approximate surface area is 192 Å². The number of nitrogens with zero attached hydrogens (tertiary/aromatic N) is 3. The van der Waals surface area contributed by atoms with Crippen LogP contribution < -0.4 is 10.9 Å². The van der Waals surface area contributed by atoms with Gasteiger partial charge >= 0.3 is 0 Å². The Morgan fingerprint density at radius 3 is 2.42 bits per heavy atom. The molecule has 2 aliphatic heterocycles. The molecule has 3 aliphatic rings. The highest BCUT2D eigenvalue weighted by atomic mass is 16.2. The molecule has 3 amide bonds. The zero-order valence-corrected chi connectivity index (χ0v) is 18.8. The molecule has 33 heavy (non-hydrogen) atoms. The molecule has 0 bridgehead atoms. The van der Waals surface area contributed by atoms with Crippen LogP contribution in [0, 0.1) is 6.92 Å². The Kier molecular flexibility index (Phi) is 5.31. The van der Waals surface area contributed by atoms with Crippen LogP contribution in [0.2, 0.25) is 0 Å². The predicted octanol–water partition coefficient (Wildman–Crippen LogP) is 1.70. The minimum absolute atomic E-state index is 0.0356. The number of pyridine rings is 1. The van der Waals surface area contributed by atoms with Crippen molar-refractivity contribution in [1.29, 1.82) is 0 Å². The molecule has 1 saturated carbocycles. The molecule has 8 nitrogen and oxygen atoms in total. The summed E-state index contributed by atoms with van der Waals surface area (Å²) in [7, 11) is 0. The molecule has 1 aromatic carbocycles. The number of carbonyl (C=O) groups is 3. The molecule has 1 aromatic heterocycles.